The number of nitrogens with zero attached hydrogens (tertiary/aromatic N) is 5. The number of rotatable bonds is 9. The molecule has 0 spiro atoms. The molecule has 0 radical (unpaired) electrons. The summed E-state index contributed by atoms with van der Waals surface area (Å²) in [6.07, 6.45) is 7.10. The van der Waals surface area contributed by atoms with Crippen LogP contribution in [0.4, 0.5) is 4.79 Å². The third kappa shape index (κ3) is 10.2. The van der Waals surface area contributed by atoms with Crippen LogP contribution in [-0.2, 0) is 53.0 Å². The lowest BCUT2D eigenvalue weighted by molar-refractivity contribution is -0.147. The van der Waals surface area contributed by atoms with Gasteiger partial charge in [0.1, 0.15) is 29.7 Å². The summed E-state index contributed by atoms with van der Waals surface area (Å²) in [6.45, 7) is 9.98. The van der Waals surface area contributed by atoms with Crippen LogP contribution >= 0.6 is 0 Å². The summed E-state index contributed by atoms with van der Waals surface area (Å²) in [5.41, 5.74) is 8.70. The lowest BCUT2D eigenvalue weighted by Crippen LogP contribution is -2.66. The molecule has 4 atom stereocenters. The molecule has 2 aromatic heterocycles. The highest BCUT2D eigenvalue weighted by atomic mass is 32.2. The number of nitrogens with one attached hydrogen (secondary N) is 3. The number of phenolic OH excluding ortho intramolecular Hbond substituents is 1. The van der Waals surface area contributed by atoms with Crippen LogP contribution in [0.25, 0.3) is 33.3 Å². The molecule has 4 aromatic rings. The molecule has 1 saturated carbocycles. The Morgan fingerprint density at radius 1 is 1.09 bits per heavy atom. The van der Waals surface area contributed by atoms with Gasteiger partial charge in [-0.15, -0.1) is 0 Å². The van der Waals surface area contributed by atoms with Gasteiger partial charge >= 0.3 is 6.03 Å². The zero-order valence-electron chi connectivity index (χ0n) is 40.3. The van der Waals surface area contributed by atoms with Crippen LogP contribution in [0.2, 0.25) is 0 Å². The average Bonchev–Trinajstić information content (AvgIpc) is 3.96. The predicted octanol–water partition coefficient (Wildman–Crippen LogP) is 6.47. The van der Waals surface area contributed by atoms with Gasteiger partial charge in [0.15, 0.2) is 0 Å². The number of methoxy groups -OCH3 is 1. The molecule has 1 aliphatic carbocycles. The van der Waals surface area contributed by atoms with Crippen LogP contribution in [0, 0.1) is 16.1 Å². The molecule has 4 amide bonds. The van der Waals surface area contributed by atoms with Crippen molar-refractivity contribution >= 4 is 44.8 Å². The molecule has 68 heavy (non-hydrogen) atoms. The molecule has 3 aliphatic heterocycles. The summed E-state index contributed by atoms with van der Waals surface area (Å²) in [7, 11) is 0.526. The number of amides is 4. The van der Waals surface area contributed by atoms with Gasteiger partial charge in [0.25, 0.3) is 5.91 Å². The number of likely N-dealkylation sites (N-methyl/N-ethyl adjacent to an activating group) is 1. The number of aromatic nitrogens is 2. The average molecular weight is 953 g/mol. The summed E-state index contributed by atoms with van der Waals surface area (Å²) in [5, 5.41) is 16.9. The summed E-state index contributed by atoms with van der Waals surface area (Å²) in [4.78, 5) is 64.8. The first-order valence-corrected chi connectivity index (χ1v) is 26.0. The van der Waals surface area contributed by atoms with E-state index in [2.05, 4.69) is 54.3 Å². The Kier molecular flexibility index (Phi) is 14.4. The molecule has 0 unspecified atom stereocenters. The second-order valence-electron chi connectivity index (χ2n) is 20.2. The van der Waals surface area contributed by atoms with Gasteiger partial charge in [-0.1, -0.05) is 38.8 Å². The summed E-state index contributed by atoms with van der Waals surface area (Å²) in [5.74, 6) is -0.967. The lowest BCUT2D eigenvalue weighted by Gasteiger charge is -2.42. The fraction of sp³-hybridized carbons (Fsp3) is 0.549. The van der Waals surface area contributed by atoms with Gasteiger partial charge in [-0.3, -0.25) is 24.4 Å². The number of pyridine rings is 1. The SMILES string of the molecule is CCn1c(-c2cccnc2[C@H](C)OC)c2c3cc(ccc31)-c1cc(O)cc(c1)C[C@H](NC(=O)[C@H](C1CCCC1)N(C)C(=O)N1CCS(=N)(=O)CC1)C(=O)N1CCC[C@](C=O)(COCC(C)(C)C2)N1. The fourth-order valence-corrected chi connectivity index (χ4v) is 12.1. The first-order chi connectivity index (χ1) is 32.5. The van der Waals surface area contributed by atoms with Crippen LogP contribution in [0.15, 0.2) is 54.7 Å². The molecule has 4 aliphatic rings. The maximum absolute atomic E-state index is 15.0. The van der Waals surface area contributed by atoms with Crippen molar-refractivity contribution in [3.63, 3.8) is 0 Å². The fourth-order valence-electron chi connectivity index (χ4n) is 10.9. The van der Waals surface area contributed by atoms with E-state index in [-0.39, 0.29) is 68.0 Å². The van der Waals surface area contributed by atoms with Crippen molar-refractivity contribution < 1.29 is 38.0 Å². The zero-order valence-corrected chi connectivity index (χ0v) is 41.2. The van der Waals surface area contributed by atoms with E-state index in [1.165, 1.54) is 9.91 Å². The van der Waals surface area contributed by atoms with E-state index in [9.17, 15) is 28.5 Å². The Morgan fingerprint density at radius 3 is 2.54 bits per heavy atom. The van der Waals surface area contributed by atoms with Crippen molar-refractivity contribution in [1.29, 1.82) is 4.78 Å². The van der Waals surface area contributed by atoms with E-state index in [0.29, 0.717) is 38.0 Å². The first kappa shape index (κ1) is 49.1. The standard InChI is InChI=1S/C51H68N8O8S/c1-7-58-43-16-15-36-28-40(43)41(46(58)39-14-10-18-53-44(39)33(2)66-6)29-50(3,4)31-67-32-51(30-60)17-11-19-59(55-51)48(63)42(26-34-24-37(36)27-38(61)25-34)54-47(62)45(35-12-8-9-13-35)56(5)49(64)57-20-22-68(52,65)23-21-57/h10,14-16,18,24-25,27-28,30,33,35,42,45,52,55,61H,7-9,11-13,17,19-23,26,29,31-32H2,1-6H3,(H,54,62)/t33-,42-,45-,51-/m0/s1. The second-order valence-corrected chi connectivity index (χ2v) is 22.6. The molecule has 2 aromatic carbocycles. The van der Waals surface area contributed by atoms with Crippen molar-refractivity contribution in [3.8, 4) is 28.1 Å². The highest BCUT2D eigenvalue weighted by Gasteiger charge is 2.43. The Labute approximate surface area is 400 Å². The molecule has 2 saturated heterocycles. The third-order valence-electron chi connectivity index (χ3n) is 14.5. The van der Waals surface area contributed by atoms with Crippen LogP contribution < -0.4 is 10.7 Å². The zero-order chi connectivity index (χ0) is 48.5. The minimum absolute atomic E-state index is 0.00478. The molecule has 6 bridgehead atoms. The smallest absolute Gasteiger partial charge is 0.320 e. The van der Waals surface area contributed by atoms with Gasteiger partial charge < -0.3 is 39.1 Å². The maximum atomic E-state index is 15.0. The monoisotopic (exact) mass is 952 g/mol. The molecular weight excluding hydrogens is 885 g/mol. The molecule has 8 rings (SSSR count). The minimum Gasteiger partial charge on any atom is -0.508 e. The summed E-state index contributed by atoms with van der Waals surface area (Å²) >= 11 is 0. The van der Waals surface area contributed by atoms with Gasteiger partial charge in [0, 0.05) is 90.7 Å². The number of fused-ring (bicyclic) bond motifs is 6. The number of carbonyl (C=O) groups is 4. The van der Waals surface area contributed by atoms with Crippen molar-refractivity contribution in [2.24, 2.45) is 11.3 Å². The molecule has 16 nitrogen and oxygen atoms in total. The van der Waals surface area contributed by atoms with Gasteiger partial charge in [0.2, 0.25) is 5.91 Å². The lowest BCUT2D eigenvalue weighted by atomic mass is 9.84. The molecule has 3 fully saturated rings. The van der Waals surface area contributed by atoms with E-state index >= 15 is 0 Å². The van der Waals surface area contributed by atoms with E-state index in [0.717, 1.165) is 76.5 Å². The number of hydrogen-bond acceptors (Lipinski definition) is 11. The Hall–Kier alpha value is -5.36. The van der Waals surface area contributed by atoms with Crippen molar-refractivity contribution in [3.05, 3.63) is 71.5 Å². The summed E-state index contributed by atoms with van der Waals surface area (Å²) < 4.78 is 35.2. The number of phenols is 1. The second kappa shape index (κ2) is 19.9. The number of aromatic hydroxyl groups is 1. The highest BCUT2D eigenvalue weighted by molar-refractivity contribution is 7.92. The molecule has 17 heteroatoms. The first-order valence-electron chi connectivity index (χ1n) is 24.1. The number of aryl methyl sites for hydroxylation is 1. The van der Waals surface area contributed by atoms with Gasteiger partial charge in [-0.25, -0.2) is 14.4 Å². The normalized spacial score (nSPS) is 23.1. The van der Waals surface area contributed by atoms with Gasteiger partial charge in [-0.05, 0) is 116 Å². The predicted molar refractivity (Wildman–Crippen MR) is 261 cm³/mol. The molecule has 5 heterocycles. The van der Waals surface area contributed by atoms with Crippen LogP contribution in [0.3, 0.4) is 0 Å². The van der Waals surface area contributed by atoms with Crippen LogP contribution in [-0.4, -0.2) is 134 Å². The molecular formula is C51H68N8O8S. The number of carbonyl (C=O) groups excluding carboxylic acids is 4. The minimum atomic E-state index is -2.76. The number of urea groups is 1. The molecule has 366 valence electrons. The Bertz CT molecular complexity index is 2650. The number of benzene rings is 2. The van der Waals surface area contributed by atoms with Crippen molar-refractivity contribution in [2.45, 2.75) is 109 Å². The van der Waals surface area contributed by atoms with Crippen molar-refractivity contribution in [2.75, 3.05) is 58.5 Å². The van der Waals surface area contributed by atoms with Gasteiger partial charge in [-0.2, -0.15) is 0 Å². The number of aldehydes is 1. The Morgan fingerprint density at radius 2 is 1.84 bits per heavy atom. The topological polar surface area (TPSA) is 199 Å². The number of ether oxygens (including phenoxy) is 2. The van der Waals surface area contributed by atoms with E-state index in [1.807, 2.05) is 25.1 Å². The summed E-state index contributed by atoms with van der Waals surface area (Å²) in [6, 6.07) is 13.1. The van der Waals surface area contributed by atoms with E-state index in [1.54, 1.807) is 37.4 Å². The van der Waals surface area contributed by atoms with Crippen LogP contribution in [0.5, 0.6) is 5.75 Å². The highest BCUT2D eigenvalue weighted by Crippen LogP contribution is 2.42. The van der Waals surface area contributed by atoms with Crippen molar-refractivity contribution in [1.82, 2.24) is 35.1 Å². The van der Waals surface area contributed by atoms with Gasteiger partial charge in [0.05, 0.1) is 30.7 Å². The third-order valence-corrected chi connectivity index (χ3v) is 16.2. The quantitative estimate of drug-likeness (QED) is 0.135. The number of hydrazine groups is 1. The number of hydrogen-bond donors (Lipinski definition) is 4. The largest absolute Gasteiger partial charge is 0.508 e. The van der Waals surface area contributed by atoms with E-state index < -0.39 is 44.6 Å². The maximum Gasteiger partial charge on any atom is 0.320 e. The van der Waals surface area contributed by atoms with E-state index in [4.69, 9.17) is 19.2 Å². The van der Waals surface area contributed by atoms with Crippen LogP contribution in [0.1, 0.15) is 89.1 Å². The molecule has 4 N–H and O–H groups in total. The Balaban J connectivity index is 1.22.